The van der Waals surface area contributed by atoms with Gasteiger partial charge in [0.15, 0.2) is 0 Å². The Morgan fingerprint density at radius 2 is 2.11 bits per heavy atom. The molecule has 0 atom stereocenters. The third kappa shape index (κ3) is 2.67. The van der Waals surface area contributed by atoms with Gasteiger partial charge in [0, 0.05) is 44.6 Å². The molecular weight excluding hydrogens is 242 g/mol. The molecule has 0 saturated carbocycles. The predicted molar refractivity (Wildman–Crippen MR) is 71.6 cm³/mol. The summed E-state index contributed by atoms with van der Waals surface area (Å²) in [6.07, 6.45) is 5.18. The molecule has 0 fully saturated rings. The summed E-state index contributed by atoms with van der Waals surface area (Å²) in [6, 6.07) is 0. The van der Waals surface area contributed by atoms with Crippen molar-refractivity contribution in [2.24, 2.45) is 7.05 Å². The van der Waals surface area contributed by atoms with Gasteiger partial charge in [0.25, 0.3) is 5.91 Å². The van der Waals surface area contributed by atoms with E-state index in [1.807, 2.05) is 25.6 Å². The summed E-state index contributed by atoms with van der Waals surface area (Å²) in [6.45, 7) is 5.30. The maximum absolute atomic E-state index is 12.2. The lowest BCUT2D eigenvalue weighted by Crippen LogP contribution is -2.26. The van der Waals surface area contributed by atoms with Crippen LogP contribution in [0.3, 0.4) is 0 Å². The van der Waals surface area contributed by atoms with Gasteiger partial charge in [-0.1, -0.05) is 0 Å². The van der Waals surface area contributed by atoms with Crippen molar-refractivity contribution in [2.75, 3.05) is 7.05 Å². The van der Waals surface area contributed by atoms with Crippen LogP contribution in [0.2, 0.25) is 0 Å². The molecule has 0 aliphatic carbocycles. The van der Waals surface area contributed by atoms with E-state index >= 15 is 0 Å². The quantitative estimate of drug-likeness (QED) is 0.831. The zero-order valence-electron chi connectivity index (χ0n) is 11.8. The summed E-state index contributed by atoms with van der Waals surface area (Å²) in [7, 11) is 3.68. The molecule has 0 radical (unpaired) electrons. The topological polar surface area (TPSA) is 56.0 Å². The molecule has 2 aromatic heterocycles. The number of hydrogen-bond acceptors (Lipinski definition) is 3. The monoisotopic (exact) mass is 261 g/mol. The molecule has 1 amide bonds. The van der Waals surface area contributed by atoms with Gasteiger partial charge in [-0.3, -0.25) is 14.2 Å². The summed E-state index contributed by atoms with van der Waals surface area (Å²) >= 11 is 0. The van der Waals surface area contributed by atoms with Crippen LogP contribution in [-0.2, 0) is 20.1 Å². The lowest BCUT2D eigenvalue weighted by atomic mass is 10.2. The molecule has 6 heteroatoms. The molecule has 6 nitrogen and oxygen atoms in total. The Kier molecular flexibility index (Phi) is 3.69. The Labute approximate surface area is 112 Å². The van der Waals surface area contributed by atoms with Crippen molar-refractivity contribution >= 4 is 5.91 Å². The van der Waals surface area contributed by atoms with Crippen LogP contribution < -0.4 is 0 Å². The fraction of sp³-hybridized carbons (Fsp3) is 0.462. The van der Waals surface area contributed by atoms with Gasteiger partial charge in [0.05, 0.1) is 18.0 Å². The van der Waals surface area contributed by atoms with E-state index in [1.54, 1.807) is 35.2 Å². The minimum atomic E-state index is -0.0250. The normalized spacial score (nSPS) is 10.7. The second-order valence-corrected chi connectivity index (χ2v) is 4.62. The molecule has 0 aromatic carbocycles. The van der Waals surface area contributed by atoms with Gasteiger partial charge in [0.1, 0.15) is 0 Å². The third-order valence-electron chi connectivity index (χ3n) is 3.30. The first-order valence-corrected chi connectivity index (χ1v) is 6.28. The molecule has 0 bridgehead atoms. The minimum Gasteiger partial charge on any atom is -0.337 e. The Morgan fingerprint density at radius 1 is 1.37 bits per heavy atom. The van der Waals surface area contributed by atoms with E-state index in [0.717, 1.165) is 17.8 Å². The SMILES string of the molecule is CCn1cc(C(=O)N(C)Cc2cnn(C)c2C)cn1. The summed E-state index contributed by atoms with van der Waals surface area (Å²) in [5.74, 6) is -0.0250. The number of nitrogens with zero attached hydrogens (tertiary/aromatic N) is 5. The van der Waals surface area contributed by atoms with Crippen LogP contribution in [0.25, 0.3) is 0 Å². The average molecular weight is 261 g/mol. The highest BCUT2D eigenvalue weighted by molar-refractivity contribution is 5.93. The second-order valence-electron chi connectivity index (χ2n) is 4.62. The lowest BCUT2D eigenvalue weighted by molar-refractivity contribution is 0.0785. The summed E-state index contributed by atoms with van der Waals surface area (Å²) < 4.78 is 3.55. The standard InChI is InChI=1S/C13H19N5O/c1-5-18-9-12(7-15-18)13(19)16(3)8-11-6-14-17(4)10(11)2/h6-7,9H,5,8H2,1-4H3. The van der Waals surface area contributed by atoms with E-state index in [4.69, 9.17) is 0 Å². The van der Waals surface area contributed by atoms with Gasteiger partial charge in [-0.15, -0.1) is 0 Å². The van der Waals surface area contributed by atoms with E-state index in [2.05, 4.69) is 10.2 Å². The first-order chi connectivity index (χ1) is 9.02. The number of carbonyl (C=O) groups excluding carboxylic acids is 1. The largest absolute Gasteiger partial charge is 0.337 e. The number of carbonyl (C=O) groups is 1. The maximum atomic E-state index is 12.2. The maximum Gasteiger partial charge on any atom is 0.257 e. The van der Waals surface area contributed by atoms with E-state index in [-0.39, 0.29) is 5.91 Å². The van der Waals surface area contributed by atoms with E-state index < -0.39 is 0 Å². The molecule has 0 aliphatic rings. The molecule has 0 spiro atoms. The average Bonchev–Trinajstić information content (AvgIpc) is 3.00. The van der Waals surface area contributed by atoms with E-state index in [1.165, 1.54) is 0 Å². The van der Waals surface area contributed by atoms with Crippen LogP contribution >= 0.6 is 0 Å². The minimum absolute atomic E-state index is 0.0250. The zero-order chi connectivity index (χ0) is 14.0. The van der Waals surface area contributed by atoms with Crippen LogP contribution in [0.15, 0.2) is 18.6 Å². The van der Waals surface area contributed by atoms with Gasteiger partial charge in [-0.25, -0.2) is 0 Å². The smallest absolute Gasteiger partial charge is 0.257 e. The number of aromatic nitrogens is 4. The first kappa shape index (κ1) is 13.3. The highest BCUT2D eigenvalue weighted by atomic mass is 16.2. The lowest BCUT2D eigenvalue weighted by Gasteiger charge is -2.15. The fourth-order valence-electron chi connectivity index (χ4n) is 1.89. The summed E-state index contributed by atoms with van der Waals surface area (Å²) in [5, 5.41) is 8.30. The van der Waals surface area contributed by atoms with Crippen LogP contribution in [0.4, 0.5) is 0 Å². The van der Waals surface area contributed by atoms with Crippen molar-refractivity contribution in [1.29, 1.82) is 0 Å². The Bertz CT molecular complexity index is 584. The fourth-order valence-corrected chi connectivity index (χ4v) is 1.89. The summed E-state index contributed by atoms with van der Waals surface area (Å²) in [5.41, 5.74) is 2.75. The molecule has 2 aromatic rings. The third-order valence-corrected chi connectivity index (χ3v) is 3.30. The highest BCUT2D eigenvalue weighted by Gasteiger charge is 2.15. The van der Waals surface area contributed by atoms with Crippen LogP contribution in [0.1, 0.15) is 28.5 Å². The van der Waals surface area contributed by atoms with Gasteiger partial charge < -0.3 is 4.90 Å². The predicted octanol–water partition coefficient (Wildman–Crippen LogP) is 1.22. The van der Waals surface area contributed by atoms with Crippen molar-refractivity contribution < 1.29 is 4.79 Å². The molecular formula is C13H19N5O. The van der Waals surface area contributed by atoms with Crippen molar-refractivity contribution in [3.8, 4) is 0 Å². The number of aryl methyl sites for hydroxylation is 2. The van der Waals surface area contributed by atoms with Gasteiger partial charge in [-0.2, -0.15) is 10.2 Å². The van der Waals surface area contributed by atoms with Crippen LogP contribution in [0, 0.1) is 6.92 Å². The van der Waals surface area contributed by atoms with E-state index in [9.17, 15) is 4.79 Å². The Balaban J connectivity index is 2.09. The van der Waals surface area contributed by atoms with Crippen LogP contribution in [0.5, 0.6) is 0 Å². The molecule has 0 aliphatic heterocycles. The molecule has 0 saturated heterocycles. The molecule has 2 heterocycles. The Morgan fingerprint density at radius 3 is 2.63 bits per heavy atom. The van der Waals surface area contributed by atoms with Gasteiger partial charge >= 0.3 is 0 Å². The van der Waals surface area contributed by atoms with Crippen LogP contribution in [-0.4, -0.2) is 37.4 Å². The molecule has 102 valence electrons. The second kappa shape index (κ2) is 5.26. The Hall–Kier alpha value is -2.11. The number of hydrogen-bond donors (Lipinski definition) is 0. The van der Waals surface area contributed by atoms with Crippen molar-refractivity contribution in [3.05, 3.63) is 35.4 Å². The molecule has 19 heavy (non-hydrogen) atoms. The first-order valence-electron chi connectivity index (χ1n) is 6.28. The number of rotatable bonds is 4. The zero-order valence-corrected chi connectivity index (χ0v) is 11.8. The van der Waals surface area contributed by atoms with Gasteiger partial charge in [-0.05, 0) is 13.8 Å². The highest BCUT2D eigenvalue weighted by Crippen LogP contribution is 2.11. The van der Waals surface area contributed by atoms with Crippen molar-refractivity contribution in [3.63, 3.8) is 0 Å². The number of amides is 1. The molecule has 0 N–H and O–H groups in total. The van der Waals surface area contributed by atoms with Crippen molar-refractivity contribution in [2.45, 2.75) is 26.9 Å². The molecule has 0 unspecified atom stereocenters. The van der Waals surface area contributed by atoms with Crippen molar-refractivity contribution in [1.82, 2.24) is 24.5 Å². The molecule has 2 rings (SSSR count). The van der Waals surface area contributed by atoms with E-state index in [0.29, 0.717) is 12.1 Å². The summed E-state index contributed by atoms with van der Waals surface area (Å²) in [4.78, 5) is 13.9. The van der Waals surface area contributed by atoms with Gasteiger partial charge in [0.2, 0.25) is 0 Å².